The number of ether oxygens (including phenoxy) is 1. The third kappa shape index (κ3) is 25.3. The van der Waals surface area contributed by atoms with Gasteiger partial charge in [0.05, 0.1) is 0 Å². The summed E-state index contributed by atoms with van der Waals surface area (Å²) in [6, 6.07) is 0. The minimum Gasteiger partial charge on any atom is -0.461 e. The van der Waals surface area contributed by atoms with Crippen molar-refractivity contribution in [3.8, 4) is 0 Å². The van der Waals surface area contributed by atoms with Gasteiger partial charge < -0.3 is 14.5 Å². The van der Waals surface area contributed by atoms with Crippen LogP contribution in [0.3, 0.4) is 0 Å². The topological polar surface area (TPSA) is 66.8 Å². The van der Waals surface area contributed by atoms with Crippen molar-refractivity contribution in [1.29, 1.82) is 0 Å². The molecule has 0 unspecified atom stereocenters. The highest BCUT2D eigenvalue weighted by Gasteiger charge is 2.21. The molecule has 0 rings (SSSR count). The fourth-order valence-electron chi connectivity index (χ4n) is 0.439. The summed E-state index contributed by atoms with van der Waals surface area (Å²) in [6.07, 6.45) is 1.10. The van der Waals surface area contributed by atoms with E-state index >= 15 is 0 Å². The molecule has 0 saturated carbocycles. The van der Waals surface area contributed by atoms with Crippen LogP contribution in [0.1, 0.15) is 19.8 Å². The Morgan fingerprint density at radius 1 is 1.47 bits per heavy atom. The largest absolute Gasteiger partial charge is 0.461 e. The third-order valence-electron chi connectivity index (χ3n) is 0.851. The van der Waals surface area contributed by atoms with E-state index in [0.717, 1.165) is 6.42 Å². The van der Waals surface area contributed by atoms with Gasteiger partial charge in [0, 0.05) is 6.42 Å². The van der Waals surface area contributed by atoms with Crippen LogP contribution in [-0.4, -0.2) is 26.2 Å². The number of halogens is 3. The fourth-order valence-corrected chi connectivity index (χ4v) is 0.602. The van der Waals surface area contributed by atoms with Crippen LogP contribution in [0.2, 0.25) is 0 Å². The second-order valence-electron chi connectivity index (χ2n) is 2.31. The van der Waals surface area contributed by atoms with E-state index in [0.29, 0.717) is 6.42 Å². The summed E-state index contributed by atoms with van der Waals surface area (Å²) in [5.74, 6) is -0.334. The average Bonchev–Trinajstić information content (AvgIpc) is 1.99. The Morgan fingerprint density at radius 2 is 1.87 bits per heavy atom. The van der Waals surface area contributed by atoms with Crippen LogP contribution < -0.4 is 0 Å². The number of rotatable bonds is 3. The molecular formula is C6H12Cl3O4PS. The van der Waals surface area contributed by atoms with Crippen LogP contribution in [0.15, 0.2) is 0 Å². The summed E-state index contributed by atoms with van der Waals surface area (Å²) in [5, 5.41) is 0. The lowest BCUT2D eigenvalue weighted by molar-refractivity contribution is -0.143. The molecule has 9 heteroatoms. The maximum atomic E-state index is 10.7. The van der Waals surface area contributed by atoms with E-state index in [9.17, 15) is 4.79 Å². The van der Waals surface area contributed by atoms with Crippen molar-refractivity contribution in [1.82, 2.24) is 0 Å². The molecular weight excluding hydrogens is 305 g/mol. The molecule has 0 aliphatic rings. The molecule has 0 atom stereocenters. The monoisotopic (exact) mass is 316 g/mol. The molecule has 0 bridgehead atoms. The van der Waals surface area contributed by atoms with Crippen molar-refractivity contribution in [3.05, 3.63) is 0 Å². The van der Waals surface area contributed by atoms with Gasteiger partial charge in [-0.15, -0.1) is 0 Å². The molecule has 92 valence electrons. The van der Waals surface area contributed by atoms with Crippen molar-refractivity contribution < 1.29 is 19.3 Å². The maximum absolute atomic E-state index is 10.7. The molecule has 0 heterocycles. The quantitative estimate of drug-likeness (QED) is 0.474. The molecule has 0 amide bonds. The van der Waals surface area contributed by atoms with E-state index in [2.05, 4.69) is 16.5 Å². The predicted octanol–water partition coefficient (Wildman–Crippen LogP) is 2.18. The molecule has 4 nitrogen and oxygen atoms in total. The van der Waals surface area contributed by atoms with E-state index in [1.54, 1.807) is 0 Å². The molecule has 15 heavy (non-hydrogen) atoms. The Bertz CT molecular complexity index is 205. The first kappa shape index (κ1) is 18.3. The summed E-state index contributed by atoms with van der Waals surface area (Å²) in [6.45, 7) is 1.69. The normalized spacial score (nSPS) is 10.6. The van der Waals surface area contributed by atoms with Gasteiger partial charge in [-0.05, 0) is 18.2 Å². The molecule has 2 N–H and O–H groups in total. The van der Waals surface area contributed by atoms with Crippen LogP contribution in [-0.2, 0) is 21.3 Å². The zero-order valence-corrected chi connectivity index (χ0v) is 12.0. The Balaban J connectivity index is 0. The minimum atomic E-state index is -2.30. The Labute approximate surface area is 109 Å². The van der Waals surface area contributed by atoms with Crippen LogP contribution >= 0.6 is 42.0 Å². The standard InChI is InChI=1S/C6H9Cl3O2.H3O2PS/c1-2-3-5(10)11-4-6(7,8)9;1-3(2)4/h2-4H2,1H3;3H,(H2,1,2,4). The molecule has 0 saturated heterocycles. The van der Waals surface area contributed by atoms with Gasteiger partial charge in [-0.2, -0.15) is 0 Å². The first-order valence-corrected chi connectivity index (χ1v) is 7.49. The number of carbonyl (C=O) groups excluding carboxylic acids is 1. The van der Waals surface area contributed by atoms with Crippen molar-refractivity contribution in [2.24, 2.45) is 0 Å². The zero-order chi connectivity index (χ0) is 12.5. The molecule has 0 aromatic carbocycles. The van der Waals surface area contributed by atoms with Crippen LogP contribution in [0.4, 0.5) is 0 Å². The van der Waals surface area contributed by atoms with Crippen molar-refractivity contribution in [2.45, 2.75) is 23.6 Å². The lowest BCUT2D eigenvalue weighted by Gasteiger charge is -2.10. The van der Waals surface area contributed by atoms with Gasteiger partial charge in [0.2, 0.25) is 3.79 Å². The van der Waals surface area contributed by atoms with E-state index < -0.39 is 10.9 Å². The number of carbonyl (C=O) groups is 1. The third-order valence-corrected chi connectivity index (χ3v) is 1.18. The van der Waals surface area contributed by atoms with Gasteiger partial charge >= 0.3 is 5.97 Å². The van der Waals surface area contributed by atoms with Crippen molar-refractivity contribution >= 4 is 59.7 Å². The summed E-state index contributed by atoms with van der Waals surface area (Å²) < 4.78 is 3.12. The molecule has 0 radical (unpaired) electrons. The summed E-state index contributed by atoms with van der Waals surface area (Å²) in [4.78, 5) is 25.7. The van der Waals surface area contributed by atoms with Gasteiger partial charge in [0.15, 0.2) is 7.15 Å². The van der Waals surface area contributed by atoms with Gasteiger partial charge in [-0.3, -0.25) is 4.79 Å². The van der Waals surface area contributed by atoms with Gasteiger partial charge in [-0.1, -0.05) is 41.7 Å². The highest BCUT2D eigenvalue weighted by molar-refractivity contribution is 7.99. The number of hydrogen-bond acceptors (Lipinski definition) is 3. The highest BCUT2D eigenvalue weighted by Crippen LogP contribution is 2.25. The Kier molecular flexibility index (Phi) is 12.3. The summed E-state index contributed by atoms with van der Waals surface area (Å²) >= 11 is 19.8. The Hall–Kier alpha value is 0.910. The SMILES string of the molecule is CCCC(=O)OCC(Cl)(Cl)Cl.O[PH](O)=S. The molecule has 0 spiro atoms. The molecule has 0 aliphatic heterocycles. The lowest BCUT2D eigenvalue weighted by atomic mass is 10.3. The smallest absolute Gasteiger partial charge is 0.305 e. The first-order chi connectivity index (χ1) is 6.69. The van der Waals surface area contributed by atoms with E-state index in [4.69, 9.17) is 44.6 Å². The molecule has 0 fully saturated rings. The Morgan fingerprint density at radius 3 is 2.13 bits per heavy atom. The van der Waals surface area contributed by atoms with Gasteiger partial charge in [0.1, 0.15) is 6.61 Å². The van der Waals surface area contributed by atoms with Gasteiger partial charge in [0.25, 0.3) is 0 Å². The molecule has 0 aliphatic carbocycles. The zero-order valence-electron chi connectivity index (χ0n) is 7.87. The van der Waals surface area contributed by atoms with Crippen molar-refractivity contribution in [2.75, 3.05) is 6.61 Å². The minimum absolute atomic E-state index is 0.184. The van der Waals surface area contributed by atoms with Crippen LogP contribution in [0.5, 0.6) is 0 Å². The summed E-state index contributed by atoms with van der Waals surface area (Å²) in [7, 11) is -2.30. The van der Waals surface area contributed by atoms with Gasteiger partial charge in [-0.25, -0.2) is 0 Å². The second kappa shape index (κ2) is 10.1. The average molecular weight is 318 g/mol. The van der Waals surface area contributed by atoms with E-state index in [-0.39, 0.29) is 12.6 Å². The molecule has 0 aromatic rings. The van der Waals surface area contributed by atoms with E-state index in [1.807, 2.05) is 6.92 Å². The van der Waals surface area contributed by atoms with Crippen LogP contribution in [0, 0.1) is 0 Å². The van der Waals surface area contributed by atoms with E-state index in [1.165, 1.54) is 0 Å². The maximum Gasteiger partial charge on any atom is 0.305 e. The lowest BCUT2D eigenvalue weighted by Crippen LogP contribution is -2.16. The summed E-state index contributed by atoms with van der Waals surface area (Å²) in [5.41, 5.74) is 0. The molecule has 0 aromatic heterocycles. The fraction of sp³-hybridized carbons (Fsp3) is 0.833. The van der Waals surface area contributed by atoms with Crippen LogP contribution in [0.25, 0.3) is 0 Å². The second-order valence-corrected chi connectivity index (χ2v) is 6.49. The highest BCUT2D eigenvalue weighted by atomic mass is 35.6. The number of hydrogen-bond donors (Lipinski definition) is 2. The number of alkyl halides is 3. The number of esters is 1. The predicted molar refractivity (Wildman–Crippen MR) is 66.3 cm³/mol. The van der Waals surface area contributed by atoms with Crippen molar-refractivity contribution in [3.63, 3.8) is 0 Å². The first-order valence-electron chi connectivity index (χ1n) is 3.83.